The van der Waals surface area contributed by atoms with Crippen LogP contribution in [0.4, 0.5) is 8.78 Å². The minimum atomic E-state index is -2.81. The fourth-order valence-corrected chi connectivity index (χ4v) is 1.61. The van der Waals surface area contributed by atoms with E-state index in [0.29, 0.717) is 5.75 Å². The van der Waals surface area contributed by atoms with Gasteiger partial charge in [-0.2, -0.15) is 0 Å². The zero-order chi connectivity index (χ0) is 15.8. The normalized spacial score (nSPS) is 12.0. The van der Waals surface area contributed by atoms with Crippen LogP contribution in [0.1, 0.15) is 18.9 Å². The maximum atomic E-state index is 12.2. The number of carbonyl (C=O) groups excluding carboxylic acids is 1. The second kappa shape index (κ2) is 8.18. The van der Waals surface area contributed by atoms with E-state index in [4.69, 9.17) is 9.84 Å². The molecule has 1 unspecified atom stereocenters. The molecule has 0 aliphatic heterocycles. The largest absolute Gasteiger partial charge is 0.484 e. The van der Waals surface area contributed by atoms with Crippen molar-refractivity contribution in [2.24, 2.45) is 0 Å². The van der Waals surface area contributed by atoms with E-state index < -0.39 is 37.4 Å². The molecule has 0 spiro atoms. The first kappa shape index (κ1) is 16.9. The summed E-state index contributed by atoms with van der Waals surface area (Å²) in [7, 11) is 0. The Kier molecular flexibility index (Phi) is 6.58. The van der Waals surface area contributed by atoms with Crippen LogP contribution in [0.2, 0.25) is 0 Å². The molecule has 1 atom stereocenters. The summed E-state index contributed by atoms with van der Waals surface area (Å²) in [6.45, 7) is 1.57. The van der Waals surface area contributed by atoms with E-state index in [1.54, 1.807) is 12.1 Å². The molecule has 0 heterocycles. The molecule has 1 amide bonds. The molecule has 0 saturated heterocycles. The van der Waals surface area contributed by atoms with Gasteiger partial charge in [0.1, 0.15) is 11.8 Å². The quantitative estimate of drug-likeness (QED) is 0.768. The summed E-state index contributed by atoms with van der Waals surface area (Å²) < 4.78 is 29.5. The zero-order valence-corrected chi connectivity index (χ0v) is 11.5. The molecule has 0 aliphatic carbocycles. The fourth-order valence-electron chi connectivity index (χ4n) is 1.61. The number of aliphatic carboxylic acids is 1. The average molecular weight is 301 g/mol. The summed E-state index contributed by atoms with van der Waals surface area (Å²) >= 11 is 0. The van der Waals surface area contributed by atoms with E-state index in [1.165, 1.54) is 0 Å². The molecule has 0 aromatic heterocycles. The third kappa shape index (κ3) is 6.20. The number of hydrogen-bond acceptors (Lipinski definition) is 3. The van der Waals surface area contributed by atoms with Gasteiger partial charge in [-0.15, -0.1) is 0 Å². The fraction of sp³-hybridized carbons (Fsp3) is 0.429. The highest BCUT2D eigenvalue weighted by Crippen LogP contribution is 2.12. The number of hydrogen-bond donors (Lipinski definition) is 2. The van der Waals surface area contributed by atoms with Gasteiger partial charge in [0, 0.05) is 6.42 Å². The Morgan fingerprint density at radius 1 is 1.29 bits per heavy atom. The Labute approximate surface area is 120 Å². The van der Waals surface area contributed by atoms with Gasteiger partial charge in [-0.25, -0.2) is 13.6 Å². The van der Waals surface area contributed by atoms with Crippen LogP contribution >= 0.6 is 0 Å². The van der Waals surface area contributed by atoms with E-state index in [0.717, 1.165) is 12.0 Å². The van der Waals surface area contributed by atoms with Crippen LogP contribution in [0, 0.1) is 0 Å². The topological polar surface area (TPSA) is 75.6 Å². The zero-order valence-electron chi connectivity index (χ0n) is 11.5. The number of rotatable bonds is 8. The van der Waals surface area contributed by atoms with Crippen LogP contribution in [0.25, 0.3) is 0 Å². The van der Waals surface area contributed by atoms with Gasteiger partial charge in [-0.3, -0.25) is 4.79 Å². The van der Waals surface area contributed by atoms with Crippen LogP contribution in [-0.2, 0) is 16.0 Å². The van der Waals surface area contributed by atoms with E-state index in [1.807, 2.05) is 24.4 Å². The predicted molar refractivity (Wildman–Crippen MR) is 71.5 cm³/mol. The molecule has 1 rings (SSSR count). The van der Waals surface area contributed by atoms with Crippen LogP contribution < -0.4 is 10.1 Å². The number of benzene rings is 1. The van der Waals surface area contributed by atoms with Gasteiger partial charge in [0.25, 0.3) is 5.91 Å². The van der Waals surface area contributed by atoms with Gasteiger partial charge >= 0.3 is 5.97 Å². The lowest BCUT2D eigenvalue weighted by molar-refractivity contribution is -0.143. The van der Waals surface area contributed by atoms with Gasteiger partial charge in [0.05, 0.1) is 0 Å². The van der Waals surface area contributed by atoms with E-state index in [9.17, 15) is 18.4 Å². The van der Waals surface area contributed by atoms with Crippen molar-refractivity contribution in [2.75, 3.05) is 6.61 Å². The lowest BCUT2D eigenvalue weighted by Gasteiger charge is -2.14. The van der Waals surface area contributed by atoms with Crippen molar-refractivity contribution in [3.8, 4) is 5.75 Å². The summed E-state index contributed by atoms with van der Waals surface area (Å²) in [6, 6.07) is 5.41. The first-order valence-corrected chi connectivity index (χ1v) is 6.44. The van der Waals surface area contributed by atoms with Crippen molar-refractivity contribution in [1.29, 1.82) is 0 Å². The smallest absolute Gasteiger partial charge is 0.326 e. The number of aryl methyl sites for hydroxylation is 1. The number of ether oxygens (including phenoxy) is 1. The summed E-state index contributed by atoms with van der Waals surface area (Å²) in [5, 5.41) is 10.7. The molecule has 116 valence electrons. The van der Waals surface area contributed by atoms with Crippen LogP contribution in [-0.4, -0.2) is 36.1 Å². The van der Waals surface area contributed by atoms with Crippen molar-refractivity contribution >= 4 is 11.9 Å². The molecule has 2 N–H and O–H groups in total. The molecule has 0 saturated carbocycles. The van der Waals surface area contributed by atoms with Gasteiger partial charge in [0.2, 0.25) is 6.43 Å². The summed E-state index contributed by atoms with van der Waals surface area (Å²) in [6.07, 6.45) is -2.88. The molecule has 0 aliphatic rings. The van der Waals surface area contributed by atoms with Crippen molar-refractivity contribution in [3.05, 3.63) is 29.8 Å². The van der Waals surface area contributed by atoms with Crippen LogP contribution in [0.3, 0.4) is 0 Å². The average Bonchev–Trinajstić information content (AvgIpc) is 2.44. The number of carbonyl (C=O) groups is 2. The van der Waals surface area contributed by atoms with Crippen LogP contribution in [0.5, 0.6) is 5.75 Å². The Bertz CT molecular complexity index is 476. The van der Waals surface area contributed by atoms with Gasteiger partial charge in [-0.05, 0) is 24.1 Å². The first-order valence-electron chi connectivity index (χ1n) is 6.44. The number of carboxylic acid groups (broad SMARTS) is 1. The highest BCUT2D eigenvalue weighted by atomic mass is 19.3. The monoisotopic (exact) mass is 301 g/mol. The molecule has 0 fully saturated rings. The predicted octanol–water partition coefficient (Wildman–Crippen LogP) is 1.85. The summed E-state index contributed by atoms with van der Waals surface area (Å²) in [4.78, 5) is 22.2. The third-order valence-electron chi connectivity index (χ3n) is 2.75. The molecule has 0 radical (unpaired) electrons. The lowest BCUT2D eigenvalue weighted by atomic mass is 10.2. The minimum absolute atomic E-state index is 0.432. The molecule has 21 heavy (non-hydrogen) atoms. The maximum absolute atomic E-state index is 12.2. The molecular weight excluding hydrogens is 284 g/mol. The van der Waals surface area contributed by atoms with E-state index in [2.05, 4.69) is 0 Å². The van der Waals surface area contributed by atoms with E-state index >= 15 is 0 Å². The van der Waals surface area contributed by atoms with Crippen molar-refractivity contribution in [3.63, 3.8) is 0 Å². The van der Waals surface area contributed by atoms with Crippen molar-refractivity contribution in [2.45, 2.75) is 32.2 Å². The van der Waals surface area contributed by atoms with Gasteiger partial charge in [-0.1, -0.05) is 19.1 Å². The standard InChI is InChI=1S/C14H17F2NO4/c1-2-9-3-5-10(6-4-9)21-8-13(18)17-11(14(19)20)7-12(15)16/h3-6,11-12H,2,7-8H2,1H3,(H,17,18)(H,19,20). The Balaban J connectivity index is 2.46. The first-order chi connectivity index (χ1) is 9.92. The van der Waals surface area contributed by atoms with Gasteiger partial charge < -0.3 is 15.2 Å². The van der Waals surface area contributed by atoms with Crippen molar-refractivity contribution in [1.82, 2.24) is 5.32 Å². The molecular formula is C14H17F2NO4. The summed E-state index contributed by atoms with van der Waals surface area (Å²) in [5.41, 5.74) is 1.11. The minimum Gasteiger partial charge on any atom is -0.484 e. The maximum Gasteiger partial charge on any atom is 0.326 e. The SMILES string of the molecule is CCc1ccc(OCC(=O)NC(CC(F)F)C(=O)O)cc1. The van der Waals surface area contributed by atoms with Gasteiger partial charge in [0.15, 0.2) is 6.61 Å². The third-order valence-corrected chi connectivity index (χ3v) is 2.75. The molecule has 7 heteroatoms. The Morgan fingerprint density at radius 3 is 2.38 bits per heavy atom. The molecule has 0 bridgehead atoms. The second-order valence-corrected chi connectivity index (χ2v) is 4.37. The number of carboxylic acids is 1. The van der Waals surface area contributed by atoms with E-state index in [-0.39, 0.29) is 0 Å². The van der Waals surface area contributed by atoms with Crippen molar-refractivity contribution < 1.29 is 28.2 Å². The number of halogens is 2. The van der Waals surface area contributed by atoms with Crippen LogP contribution in [0.15, 0.2) is 24.3 Å². The number of amides is 1. The summed E-state index contributed by atoms with van der Waals surface area (Å²) in [5.74, 6) is -1.82. The second-order valence-electron chi connectivity index (χ2n) is 4.37. The highest BCUT2D eigenvalue weighted by molar-refractivity contribution is 5.84. The number of alkyl halides is 2. The molecule has 1 aromatic rings. The Morgan fingerprint density at radius 2 is 1.90 bits per heavy atom. The Hall–Kier alpha value is -2.18. The molecule has 5 nitrogen and oxygen atoms in total. The molecule has 1 aromatic carbocycles. The number of nitrogens with one attached hydrogen (secondary N) is 1. The lowest BCUT2D eigenvalue weighted by Crippen LogP contribution is -2.44. The highest BCUT2D eigenvalue weighted by Gasteiger charge is 2.24.